The molecule has 0 bridgehead atoms. The van der Waals surface area contributed by atoms with Crippen molar-refractivity contribution in [2.45, 2.75) is 6.54 Å². The number of non-ortho nitro benzene ring substituents is 1. The molecular formula is C14H10N2O4. The summed E-state index contributed by atoms with van der Waals surface area (Å²) < 4.78 is 7.23. The summed E-state index contributed by atoms with van der Waals surface area (Å²) in [6.45, 7) is 0.467. The van der Waals surface area contributed by atoms with Crippen LogP contribution in [-0.4, -0.2) is 15.8 Å². The largest absolute Gasteiger partial charge is 0.456 e. The fourth-order valence-electron chi connectivity index (χ4n) is 2.15. The van der Waals surface area contributed by atoms with Gasteiger partial charge in [0, 0.05) is 29.2 Å². The van der Waals surface area contributed by atoms with Gasteiger partial charge in [-0.25, -0.2) is 0 Å². The molecule has 1 aromatic carbocycles. The lowest BCUT2D eigenvalue weighted by atomic mass is 10.2. The number of rotatable bonds is 4. The average Bonchev–Trinajstić information content (AvgIpc) is 3.06. The van der Waals surface area contributed by atoms with Crippen molar-refractivity contribution in [3.63, 3.8) is 0 Å². The zero-order valence-electron chi connectivity index (χ0n) is 10.4. The van der Waals surface area contributed by atoms with E-state index in [1.807, 2.05) is 16.8 Å². The van der Waals surface area contributed by atoms with Gasteiger partial charge >= 0.3 is 0 Å². The van der Waals surface area contributed by atoms with E-state index < -0.39 is 4.92 Å². The molecule has 0 radical (unpaired) electrons. The molecule has 0 atom stereocenters. The Morgan fingerprint density at radius 1 is 1.25 bits per heavy atom. The number of nitro benzene ring substituents is 1. The summed E-state index contributed by atoms with van der Waals surface area (Å²) in [5, 5.41) is 11.5. The minimum atomic E-state index is -0.417. The molecule has 3 aromatic rings. The molecule has 2 heterocycles. The Balaban J connectivity index is 1.96. The number of nitro groups is 1. The lowest BCUT2D eigenvalue weighted by molar-refractivity contribution is -0.384. The van der Waals surface area contributed by atoms with Gasteiger partial charge in [0.25, 0.3) is 5.69 Å². The lowest BCUT2D eigenvalue weighted by Gasteiger charge is -2.02. The molecule has 0 aliphatic rings. The van der Waals surface area contributed by atoms with Crippen LogP contribution in [0.2, 0.25) is 0 Å². The van der Waals surface area contributed by atoms with Crippen LogP contribution in [0.1, 0.15) is 16.3 Å². The van der Waals surface area contributed by atoms with Crippen molar-refractivity contribution in [3.05, 3.63) is 64.2 Å². The van der Waals surface area contributed by atoms with E-state index in [0.717, 1.165) is 10.9 Å². The standard InChI is InChI=1S/C14H10N2O4/c17-9-13-3-2-12(20-13)8-15-6-5-10-7-11(16(18)19)1-4-14(10)15/h1-7,9H,8H2. The van der Waals surface area contributed by atoms with Gasteiger partial charge in [-0.3, -0.25) is 14.9 Å². The van der Waals surface area contributed by atoms with Crippen LogP contribution in [0.4, 0.5) is 5.69 Å². The van der Waals surface area contributed by atoms with E-state index in [1.54, 1.807) is 18.2 Å². The number of aldehydes is 1. The maximum atomic E-state index is 10.7. The second-order valence-electron chi connectivity index (χ2n) is 4.37. The molecule has 100 valence electrons. The molecule has 0 aliphatic heterocycles. The fourth-order valence-corrected chi connectivity index (χ4v) is 2.15. The Kier molecular flexibility index (Phi) is 2.83. The number of benzene rings is 1. The Bertz CT molecular complexity index is 800. The Morgan fingerprint density at radius 2 is 2.10 bits per heavy atom. The third kappa shape index (κ3) is 2.07. The highest BCUT2D eigenvalue weighted by Crippen LogP contribution is 2.23. The molecule has 20 heavy (non-hydrogen) atoms. The Labute approximate surface area is 113 Å². The van der Waals surface area contributed by atoms with E-state index in [0.29, 0.717) is 18.6 Å². The van der Waals surface area contributed by atoms with Gasteiger partial charge in [-0.1, -0.05) is 0 Å². The van der Waals surface area contributed by atoms with Gasteiger partial charge in [0.2, 0.25) is 0 Å². The molecule has 0 amide bonds. The van der Waals surface area contributed by atoms with E-state index in [1.165, 1.54) is 12.1 Å². The second-order valence-corrected chi connectivity index (χ2v) is 4.37. The molecule has 6 heteroatoms. The molecule has 0 N–H and O–H groups in total. The third-order valence-corrected chi connectivity index (χ3v) is 3.09. The summed E-state index contributed by atoms with van der Waals surface area (Å²) in [6.07, 6.45) is 2.48. The predicted molar refractivity (Wildman–Crippen MR) is 71.8 cm³/mol. The SMILES string of the molecule is O=Cc1ccc(Cn2ccc3cc([N+](=O)[O-])ccc32)o1. The van der Waals surface area contributed by atoms with Crippen molar-refractivity contribution in [1.82, 2.24) is 4.57 Å². The van der Waals surface area contributed by atoms with Crippen LogP contribution in [0.15, 0.2) is 47.0 Å². The smallest absolute Gasteiger partial charge is 0.270 e. The van der Waals surface area contributed by atoms with Crippen LogP contribution in [-0.2, 0) is 6.54 Å². The van der Waals surface area contributed by atoms with Crippen molar-refractivity contribution in [2.75, 3.05) is 0 Å². The molecule has 0 saturated heterocycles. The minimum absolute atomic E-state index is 0.0662. The van der Waals surface area contributed by atoms with Crippen molar-refractivity contribution in [2.24, 2.45) is 0 Å². The average molecular weight is 270 g/mol. The van der Waals surface area contributed by atoms with Gasteiger partial charge in [-0.05, 0) is 24.3 Å². The van der Waals surface area contributed by atoms with Crippen LogP contribution >= 0.6 is 0 Å². The van der Waals surface area contributed by atoms with E-state index in [-0.39, 0.29) is 11.4 Å². The lowest BCUT2D eigenvalue weighted by Crippen LogP contribution is -1.96. The second kappa shape index (κ2) is 4.65. The van der Waals surface area contributed by atoms with E-state index in [9.17, 15) is 14.9 Å². The quantitative estimate of drug-likeness (QED) is 0.414. The summed E-state index contributed by atoms with van der Waals surface area (Å²) >= 11 is 0. The van der Waals surface area contributed by atoms with E-state index in [4.69, 9.17) is 4.42 Å². The topological polar surface area (TPSA) is 78.3 Å². The molecule has 0 fully saturated rings. The van der Waals surface area contributed by atoms with E-state index in [2.05, 4.69) is 0 Å². The van der Waals surface area contributed by atoms with Gasteiger partial charge in [0.05, 0.1) is 11.5 Å². The number of furan rings is 1. The minimum Gasteiger partial charge on any atom is -0.456 e. The van der Waals surface area contributed by atoms with Crippen molar-refractivity contribution in [1.29, 1.82) is 0 Å². The summed E-state index contributed by atoms with van der Waals surface area (Å²) in [5.41, 5.74) is 0.941. The molecular weight excluding hydrogens is 260 g/mol. The number of hydrogen-bond donors (Lipinski definition) is 0. The Morgan fingerprint density at radius 3 is 2.80 bits per heavy atom. The predicted octanol–water partition coefficient (Wildman–Crippen LogP) is 3.00. The van der Waals surface area contributed by atoms with Crippen LogP contribution in [0.5, 0.6) is 0 Å². The number of carbonyl (C=O) groups excluding carboxylic acids is 1. The number of fused-ring (bicyclic) bond motifs is 1. The van der Waals surface area contributed by atoms with Crippen LogP contribution < -0.4 is 0 Å². The van der Waals surface area contributed by atoms with Crippen LogP contribution in [0, 0.1) is 10.1 Å². The molecule has 0 aliphatic carbocycles. The van der Waals surface area contributed by atoms with Gasteiger partial charge in [0.15, 0.2) is 12.0 Å². The van der Waals surface area contributed by atoms with Crippen molar-refractivity contribution >= 4 is 22.9 Å². The van der Waals surface area contributed by atoms with Gasteiger partial charge in [-0.2, -0.15) is 0 Å². The highest BCUT2D eigenvalue weighted by molar-refractivity contribution is 5.82. The van der Waals surface area contributed by atoms with Crippen molar-refractivity contribution < 1.29 is 14.1 Å². The van der Waals surface area contributed by atoms with Gasteiger partial charge in [-0.15, -0.1) is 0 Å². The normalized spacial score (nSPS) is 10.8. The maximum absolute atomic E-state index is 10.7. The summed E-state index contributed by atoms with van der Waals surface area (Å²) in [7, 11) is 0. The van der Waals surface area contributed by atoms with Gasteiger partial charge < -0.3 is 8.98 Å². The first-order chi connectivity index (χ1) is 9.67. The number of nitrogens with zero attached hydrogens (tertiary/aromatic N) is 2. The summed E-state index contributed by atoms with van der Waals surface area (Å²) in [4.78, 5) is 20.9. The summed E-state index contributed by atoms with van der Waals surface area (Å²) in [5.74, 6) is 0.940. The zero-order valence-corrected chi connectivity index (χ0v) is 10.4. The monoisotopic (exact) mass is 270 g/mol. The number of hydrogen-bond acceptors (Lipinski definition) is 4. The Hall–Kier alpha value is -2.89. The molecule has 6 nitrogen and oxygen atoms in total. The first-order valence-corrected chi connectivity index (χ1v) is 5.94. The summed E-state index contributed by atoms with van der Waals surface area (Å²) in [6, 6.07) is 9.87. The molecule has 2 aromatic heterocycles. The number of carbonyl (C=O) groups is 1. The molecule has 0 spiro atoms. The number of aromatic nitrogens is 1. The first kappa shape index (κ1) is 12.2. The fraction of sp³-hybridized carbons (Fsp3) is 0.0714. The molecule has 0 unspecified atom stereocenters. The van der Waals surface area contributed by atoms with Crippen LogP contribution in [0.3, 0.4) is 0 Å². The van der Waals surface area contributed by atoms with E-state index >= 15 is 0 Å². The third-order valence-electron chi connectivity index (χ3n) is 3.09. The highest BCUT2D eigenvalue weighted by atomic mass is 16.6. The first-order valence-electron chi connectivity index (χ1n) is 5.94. The van der Waals surface area contributed by atoms with Gasteiger partial charge in [0.1, 0.15) is 5.76 Å². The zero-order chi connectivity index (χ0) is 14.1. The molecule has 0 saturated carbocycles. The highest BCUT2D eigenvalue weighted by Gasteiger charge is 2.10. The van der Waals surface area contributed by atoms with Crippen LogP contribution in [0.25, 0.3) is 10.9 Å². The molecule has 3 rings (SSSR count). The maximum Gasteiger partial charge on any atom is 0.270 e. The van der Waals surface area contributed by atoms with Crippen molar-refractivity contribution in [3.8, 4) is 0 Å².